The minimum Gasteiger partial charge on any atom is -0.493 e. The van der Waals surface area contributed by atoms with E-state index in [4.69, 9.17) is 15.2 Å². The fourth-order valence-corrected chi connectivity index (χ4v) is 3.22. The van der Waals surface area contributed by atoms with Crippen LogP contribution in [0.3, 0.4) is 0 Å². The average Bonchev–Trinajstić information content (AvgIpc) is 2.75. The number of aryl methyl sites for hydroxylation is 1. The lowest BCUT2D eigenvalue weighted by atomic mass is 10.0. The normalized spacial score (nSPS) is 11.9. The molecule has 2 amide bonds. The topological polar surface area (TPSA) is 81.9 Å². The van der Waals surface area contributed by atoms with Gasteiger partial charge in [-0.25, -0.2) is 0 Å². The van der Waals surface area contributed by atoms with Crippen LogP contribution in [0.2, 0.25) is 0 Å². The van der Waals surface area contributed by atoms with Gasteiger partial charge in [-0.15, -0.1) is 0 Å². The van der Waals surface area contributed by atoms with Crippen molar-refractivity contribution < 1.29 is 19.1 Å². The van der Waals surface area contributed by atoms with E-state index in [1.54, 1.807) is 32.4 Å². The Morgan fingerprint density at radius 3 is 2.30 bits per heavy atom. The summed E-state index contributed by atoms with van der Waals surface area (Å²) >= 11 is 0. The van der Waals surface area contributed by atoms with Gasteiger partial charge < -0.3 is 20.1 Å². The van der Waals surface area contributed by atoms with Gasteiger partial charge in [0.05, 0.1) is 20.3 Å². The number of ether oxygens (including phenoxy) is 2. The SMILES string of the molecule is CCCc1ccc(C(C)N(CC(N)=O)C(=O)/C=C/c2ccc(OC)c(OC)c2)cc1. The molecule has 0 radical (unpaired) electrons. The van der Waals surface area contributed by atoms with Crippen LogP contribution in [-0.2, 0) is 16.0 Å². The van der Waals surface area contributed by atoms with Gasteiger partial charge in [0.2, 0.25) is 11.8 Å². The molecule has 0 aliphatic rings. The van der Waals surface area contributed by atoms with E-state index in [-0.39, 0.29) is 18.5 Å². The minimum atomic E-state index is -0.558. The molecule has 0 aliphatic heterocycles. The zero-order valence-corrected chi connectivity index (χ0v) is 18.1. The van der Waals surface area contributed by atoms with Crippen LogP contribution in [0.5, 0.6) is 11.5 Å². The van der Waals surface area contributed by atoms with Crippen LogP contribution in [0, 0.1) is 0 Å². The number of hydrogen-bond donors (Lipinski definition) is 1. The molecule has 6 heteroatoms. The van der Waals surface area contributed by atoms with Crippen LogP contribution in [0.1, 0.15) is 43.0 Å². The fraction of sp³-hybridized carbons (Fsp3) is 0.333. The molecule has 2 aromatic carbocycles. The Morgan fingerprint density at radius 1 is 1.07 bits per heavy atom. The first-order chi connectivity index (χ1) is 14.4. The summed E-state index contributed by atoms with van der Waals surface area (Å²) in [5.41, 5.74) is 8.37. The highest BCUT2D eigenvalue weighted by Gasteiger charge is 2.21. The first-order valence-corrected chi connectivity index (χ1v) is 9.97. The maximum Gasteiger partial charge on any atom is 0.247 e. The molecule has 160 valence electrons. The number of hydrogen-bond acceptors (Lipinski definition) is 4. The third-order valence-corrected chi connectivity index (χ3v) is 4.90. The van der Waals surface area contributed by atoms with Gasteiger partial charge >= 0.3 is 0 Å². The number of benzene rings is 2. The van der Waals surface area contributed by atoms with Crippen molar-refractivity contribution in [3.8, 4) is 11.5 Å². The Labute approximate surface area is 178 Å². The maximum absolute atomic E-state index is 12.9. The molecule has 2 N–H and O–H groups in total. The van der Waals surface area contributed by atoms with Crippen molar-refractivity contribution in [1.29, 1.82) is 0 Å². The molecular weight excluding hydrogens is 380 g/mol. The predicted molar refractivity (Wildman–Crippen MR) is 118 cm³/mol. The summed E-state index contributed by atoms with van der Waals surface area (Å²) in [6.07, 6.45) is 5.19. The Morgan fingerprint density at radius 2 is 1.73 bits per heavy atom. The molecule has 2 aromatic rings. The highest BCUT2D eigenvalue weighted by molar-refractivity contribution is 5.94. The molecule has 30 heavy (non-hydrogen) atoms. The smallest absolute Gasteiger partial charge is 0.247 e. The summed E-state index contributed by atoms with van der Waals surface area (Å²) in [4.78, 5) is 25.9. The standard InChI is InChI=1S/C24H30N2O4/c1-5-6-18-7-11-20(12-8-18)17(2)26(16-23(25)27)24(28)14-10-19-9-13-21(29-3)22(15-19)30-4/h7-15,17H,5-6,16H2,1-4H3,(H2,25,27)/b14-10+. The number of nitrogens with two attached hydrogens (primary N) is 1. The summed E-state index contributed by atoms with van der Waals surface area (Å²) < 4.78 is 10.5. The third-order valence-electron chi connectivity index (χ3n) is 4.90. The van der Waals surface area contributed by atoms with E-state index in [2.05, 4.69) is 19.1 Å². The lowest BCUT2D eigenvalue weighted by Gasteiger charge is -2.27. The van der Waals surface area contributed by atoms with Crippen molar-refractivity contribution in [2.45, 2.75) is 32.7 Å². The fourth-order valence-electron chi connectivity index (χ4n) is 3.22. The van der Waals surface area contributed by atoms with E-state index >= 15 is 0 Å². The second kappa shape index (κ2) is 11.0. The summed E-state index contributed by atoms with van der Waals surface area (Å²) in [7, 11) is 3.12. The molecule has 2 rings (SSSR count). The summed E-state index contributed by atoms with van der Waals surface area (Å²) in [6, 6.07) is 13.2. The van der Waals surface area contributed by atoms with E-state index in [1.807, 2.05) is 25.1 Å². The Kier molecular flexibility index (Phi) is 8.47. The average molecular weight is 411 g/mol. The largest absolute Gasteiger partial charge is 0.493 e. The molecule has 0 saturated heterocycles. The van der Waals surface area contributed by atoms with Crippen LogP contribution in [-0.4, -0.2) is 37.5 Å². The number of methoxy groups -OCH3 is 2. The predicted octanol–water partition coefficient (Wildman–Crippen LogP) is 3.74. The number of amides is 2. The number of carbonyl (C=O) groups is 2. The molecule has 0 fully saturated rings. The van der Waals surface area contributed by atoms with Gasteiger partial charge in [-0.2, -0.15) is 0 Å². The van der Waals surface area contributed by atoms with Gasteiger partial charge in [-0.3, -0.25) is 9.59 Å². The summed E-state index contributed by atoms with van der Waals surface area (Å²) in [5.74, 6) is 0.323. The van der Waals surface area contributed by atoms with Crippen LogP contribution in [0.15, 0.2) is 48.5 Å². The quantitative estimate of drug-likeness (QED) is 0.605. The molecular formula is C24H30N2O4. The van der Waals surface area contributed by atoms with Crippen LogP contribution >= 0.6 is 0 Å². The molecule has 1 atom stereocenters. The lowest BCUT2D eigenvalue weighted by molar-refractivity contribution is -0.133. The van der Waals surface area contributed by atoms with Crippen molar-refractivity contribution in [2.75, 3.05) is 20.8 Å². The summed E-state index contributed by atoms with van der Waals surface area (Å²) in [5, 5.41) is 0. The Bertz CT molecular complexity index is 891. The van der Waals surface area contributed by atoms with Crippen LogP contribution in [0.4, 0.5) is 0 Å². The van der Waals surface area contributed by atoms with E-state index in [0.29, 0.717) is 11.5 Å². The molecule has 0 aliphatic carbocycles. The number of primary amides is 1. The third kappa shape index (κ3) is 6.11. The maximum atomic E-state index is 12.9. The second-order valence-corrected chi connectivity index (χ2v) is 7.05. The minimum absolute atomic E-state index is 0.160. The van der Waals surface area contributed by atoms with Gasteiger partial charge in [0.1, 0.15) is 6.54 Å². The van der Waals surface area contributed by atoms with Gasteiger partial charge in [-0.1, -0.05) is 43.7 Å². The molecule has 0 heterocycles. The number of nitrogens with zero attached hydrogens (tertiary/aromatic N) is 1. The molecule has 0 saturated carbocycles. The Hall–Kier alpha value is -3.28. The molecule has 0 spiro atoms. The van der Waals surface area contributed by atoms with Gasteiger partial charge in [0, 0.05) is 6.08 Å². The van der Waals surface area contributed by atoms with Crippen LogP contribution < -0.4 is 15.2 Å². The highest BCUT2D eigenvalue weighted by atomic mass is 16.5. The summed E-state index contributed by atoms with van der Waals surface area (Å²) in [6.45, 7) is 3.86. The van der Waals surface area contributed by atoms with Gasteiger partial charge in [0.15, 0.2) is 11.5 Å². The first kappa shape index (κ1) is 23.0. The monoisotopic (exact) mass is 410 g/mol. The zero-order chi connectivity index (χ0) is 22.1. The zero-order valence-electron chi connectivity index (χ0n) is 18.1. The molecule has 6 nitrogen and oxygen atoms in total. The van der Waals surface area contributed by atoms with Crippen molar-refractivity contribution in [3.63, 3.8) is 0 Å². The van der Waals surface area contributed by atoms with Gasteiger partial charge in [0.25, 0.3) is 0 Å². The molecule has 1 unspecified atom stereocenters. The van der Waals surface area contributed by atoms with Gasteiger partial charge in [-0.05, 0) is 48.2 Å². The Balaban J connectivity index is 2.22. The number of carbonyl (C=O) groups excluding carboxylic acids is 2. The van der Waals surface area contributed by atoms with E-state index in [1.165, 1.54) is 16.5 Å². The van der Waals surface area contributed by atoms with E-state index < -0.39 is 5.91 Å². The highest BCUT2D eigenvalue weighted by Crippen LogP contribution is 2.28. The van der Waals surface area contributed by atoms with Crippen LogP contribution in [0.25, 0.3) is 6.08 Å². The van der Waals surface area contributed by atoms with E-state index in [0.717, 1.165) is 24.0 Å². The number of rotatable bonds is 10. The van der Waals surface area contributed by atoms with Crippen molar-refractivity contribution in [1.82, 2.24) is 4.90 Å². The second-order valence-electron chi connectivity index (χ2n) is 7.05. The van der Waals surface area contributed by atoms with E-state index in [9.17, 15) is 9.59 Å². The molecule has 0 aromatic heterocycles. The van der Waals surface area contributed by atoms with Crippen molar-refractivity contribution in [3.05, 3.63) is 65.2 Å². The first-order valence-electron chi connectivity index (χ1n) is 9.97. The van der Waals surface area contributed by atoms with Crippen molar-refractivity contribution in [2.24, 2.45) is 5.73 Å². The molecule has 0 bridgehead atoms. The van der Waals surface area contributed by atoms with Crippen molar-refractivity contribution >= 4 is 17.9 Å². The lowest BCUT2D eigenvalue weighted by Crippen LogP contribution is -2.39.